The number of rotatable bonds is 3. The van der Waals surface area contributed by atoms with E-state index in [-0.39, 0.29) is 11.3 Å². The number of halogens is 1. The second kappa shape index (κ2) is 4.50. The Balaban J connectivity index is 2.40. The summed E-state index contributed by atoms with van der Waals surface area (Å²) in [6.45, 7) is 0. The summed E-state index contributed by atoms with van der Waals surface area (Å²) in [6, 6.07) is 6.57. The first-order valence-corrected chi connectivity index (χ1v) is 5.37. The Bertz CT molecular complexity index is 573. The molecule has 0 aliphatic rings. The molecule has 0 amide bonds. The van der Waals surface area contributed by atoms with Gasteiger partial charge in [0.2, 0.25) is 5.69 Å². The molecule has 0 spiro atoms. The fourth-order valence-electron chi connectivity index (χ4n) is 1.31. The summed E-state index contributed by atoms with van der Waals surface area (Å²) in [7, 11) is 0. The molecular weight excluding hydrogens is 290 g/mol. The third-order valence-corrected chi connectivity index (χ3v) is 2.65. The van der Waals surface area contributed by atoms with Crippen LogP contribution in [0.4, 0.5) is 0 Å². The van der Waals surface area contributed by atoms with Gasteiger partial charge in [-0.1, -0.05) is 21.1 Å². The largest absolute Gasteiger partial charge is 0.476 e. The van der Waals surface area contributed by atoms with Crippen LogP contribution in [0.5, 0.6) is 0 Å². The Hall–Kier alpha value is -1.95. The third-order valence-electron chi connectivity index (χ3n) is 2.12. The van der Waals surface area contributed by atoms with Crippen LogP contribution in [-0.4, -0.2) is 22.0 Å². The lowest BCUT2D eigenvalue weighted by Gasteiger charge is -1.98. The van der Waals surface area contributed by atoms with E-state index in [2.05, 4.69) is 25.6 Å². The summed E-state index contributed by atoms with van der Waals surface area (Å²) >= 11 is 3.24. The van der Waals surface area contributed by atoms with Crippen LogP contribution in [0.15, 0.2) is 39.5 Å². The van der Waals surface area contributed by atoms with Crippen LogP contribution in [0.2, 0.25) is 0 Å². The molecule has 0 bridgehead atoms. The van der Waals surface area contributed by atoms with Crippen molar-refractivity contribution in [1.82, 2.24) is 5.16 Å². The fraction of sp³-hybridized carbons (Fsp3) is 0. The second-order valence-electron chi connectivity index (χ2n) is 3.22. The van der Waals surface area contributed by atoms with Crippen molar-refractivity contribution in [2.75, 3.05) is 0 Å². The summed E-state index contributed by atoms with van der Waals surface area (Å²) in [6.07, 6.45) is 1.04. The van der Waals surface area contributed by atoms with Crippen LogP contribution in [0.25, 0.3) is 0 Å². The summed E-state index contributed by atoms with van der Waals surface area (Å²) < 4.78 is 5.34. The first-order valence-electron chi connectivity index (χ1n) is 4.57. The number of carboxylic acids is 1. The van der Waals surface area contributed by atoms with Gasteiger partial charge in [0.05, 0.1) is 5.56 Å². The van der Waals surface area contributed by atoms with Crippen molar-refractivity contribution in [2.45, 2.75) is 0 Å². The van der Waals surface area contributed by atoms with Crippen LogP contribution in [0.1, 0.15) is 26.4 Å². The average molecular weight is 296 g/mol. The number of hydrogen-bond acceptors (Lipinski definition) is 4. The minimum absolute atomic E-state index is 0.0557. The highest BCUT2D eigenvalue weighted by Gasteiger charge is 2.22. The highest BCUT2D eigenvalue weighted by molar-refractivity contribution is 9.10. The van der Waals surface area contributed by atoms with E-state index in [9.17, 15) is 9.59 Å². The predicted octanol–water partition coefficient (Wildman–Crippen LogP) is 2.37. The number of hydrogen-bond donors (Lipinski definition) is 1. The van der Waals surface area contributed by atoms with Crippen molar-refractivity contribution in [3.63, 3.8) is 0 Å². The highest BCUT2D eigenvalue weighted by atomic mass is 79.9. The number of carbonyl (C=O) groups is 2. The molecule has 5 nitrogen and oxygen atoms in total. The number of ketones is 1. The van der Waals surface area contributed by atoms with E-state index in [0.717, 1.165) is 10.7 Å². The number of aromatic carboxylic acids is 1. The minimum Gasteiger partial charge on any atom is -0.476 e. The molecule has 1 heterocycles. The lowest BCUT2D eigenvalue weighted by atomic mass is 10.0. The van der Waals surface area contributed by atoms with E-state index in [4.69, 9.17) is 5.11 Å². The Labute approximate surface area is 104 Å². The zero-order valence-electron chi connectivity index (χ0n) is 8.38. The van der Waals surface area contributed by atoms with Crippen molar-refractivity contribution < 1.29 is 19.2 Å². The first-order chi connectivity index (χ1) is 8.09. The van der Waals surface area contributed by atoms with Crippen LogP contribution >= 0.6 is 15.9 Å². The number of benzene rings is 1. The highest BCUT2D eigenvalue weighted by Crippen LogP contribution is 2.16. The second-order valence-corrected chi connectivity index (χ2v) is 4.13. The molecule has 1 aromatic heterocycles. The SMILES string of the molecule is O=C(c1ccc(Br)cc1)c1conc1C(=O)O. The zero-order valence-corrected chi connectivity index (χ0v) is 9.97. The number of carbonyl (C=O) groups excluding carboxylic acids is 1. The topological polar surface area (TPSA) is 80.4 Å². The lowest BCUT2D eigenvalue weighted by Crippen LogP contribution is -2.08. The van der Waals surface area contributed by atoms with Gasteiger partial charge < -0.3 is 9.63 Å². The Kier molecular flexibility index (Phi) is 3.06. The van der Waals surface area contributed by atoms with Crippen molar-refractivity contribution in [3.05, 3.63) is 51.8 Å². The summed E-state index contributed by atoms with van der Waals surface area (Å²) in [5.74, 6) is -1.73. The van der Waals surface area contributed by atoms with Gasteiger partial charge in [0.25, 0.3) is 0 Å². The standard InChI is InChI=1S/C11H6BrNO4/c12-7-3-1-6(2-4-7)10(14)8-5-17-13-9(8)11(15)16/h1-5H,(H,15,16). The van der Waals surface area contributed by atoms with Crippen LogP contribution in [-0.2, 0) is 0 Å². The van der Waals surface area contributed by atoms with E-state index >= 15 is 0 Å². The molecule has 0 unspecified atom stereocenters. The average Bonchev–Trinajstić information content (AvgIpc) is 2.78. The van der Waals surface area contributed by atoms with E-state index in [1.54, 1.807) is 24.3 Å². The molecule has 0 radical (unpaired) electrons. The molecule has 2 rings (SSSR count). The van der Waals surface area contributed by atoms with Gasteiger partial charge in [0.15, 0.2) is 5.78 Å². The van der Waals surface area contributed by atoms with Gasteiger partial charge in [0, 0.05) is 10.0 Å². The Morgan fingerprint density at radius 1 is 1.24 bits per heavy atom. The molecule has 17 heavy (non-hydrogen) atoms. The Morgan fingerprint density at radius 3 is 2.47 bits per heavy atom. The Morgan fingerprint density at radius 2 is 1.88 bits per heavy atom. The maximum absolute atomic E-state index is 12.0. The maximum Gasteiger partial charge on any atom is 0.358 e. The molecule has 86 valence electrons. The van der Waals surface area contributed by atoms with Crippen molar-refractivity contribution in [2.24, 2.45) is 0 Å². The van der Waals surface area contributed by atoms with Crippen LogP contribution in [0.3, 0.4) is 0 Å². The molecule has 2 aromatic rings. The number of carboxylic acid groups (broad SMARTS) is 1. The van der Waals surface area contributed by atoms with Gasteiger partial charge in [-0.25, -0.2) is 4.79 Å². The van der Waals surface area contributed by atoms with E-state index in [1.807, 2.05) is 0 Å². The summed E-state index contributed by atoms with van der Waals surface area (Å²) in [4.78, 5) is 22.8. The maximum atomic E-state index is 12.0. The van der Waals surface area contributed by atoms with E-state index < -0.39 is 11.8 Å². The lowest BCUT2D eigenvalue weighted by molar-refractivity contribution is 0.0682. The van der Waals surface area contributed by atoms with Gasteiger partial charge in [0.1, 0.15) is 6.26 Å². The minimum atomic E-state index is -1.29. The molecule has 6 heteroatoms. The van der Waals surface area contributed by atoms with Crippen molar-refractivity contribution in [1.29, 1.82) is 0 Å². The molecule has 0 saturated heterocycles. The molecule has 1 N–H and O–H groups in total. The van der Waals surface area contributed by atoms with Crippen LogP contribution in [0, 0.1) is 0 Å². The van der Waals surface area contributed by atoms with Gasteiger partial charge in [-0.3, -0.25) is 4.79 Å². The molecule has 1 aromatic carbocycles. The van der Waals surface area contributed by atoms with E-state index in [0.29, 0.717) is 5.56 Å². The first kappa shape index (κ1) is 11.5. The molecule has 0 aliphatic carbocycles. The van der Waals surface area contributed by atoms with E-state index in [1.165, 1.54) is 0 Å². The molecule has 0 fully saturated rings. The van der Waals surface area contributed by atoms with Gasteiger partial charge in [-0.15, -0.1) is 0 Å². The number of aromatic nitrogens is 1. The van der Waals surface area contributed by atoms with Gasteiger partial charge in [-0.05, 0) is 24.3 Å². The molecular formula is C11H6BrNO4. The molecule has 0 aliphatic heterocycles. The fourth-order valence-corrected chi connectivity index (χ4v) is 1.57. The summed E-state index contributed by atoms with van der Waals surface area (Å²) in [5.41, 5.74) is -0.0587. The number of nitrogens with zero attached hydrogens (tertiary/aromatic N) is 1. The third kappa shape index (κ3) is 2.26. The van der Waals surface area contributed by atoms with Crippen molar-refractivity contribution in [3.8, 4) is 0 Å². The summed E-state index contributed by atoms with van der Waals surface area (Å²) in [5, 5.41) is 12.1. The smallest absolute Gasteiger partial charge is 0.358 e. The van der Waals surface area contributed by atoms with Gasteiger partial charge in [-0.2, -0.15) is 0 Å². The zero-order chi connectivity index (χ0) is 12.4. The quantitative estimate of drug-likeness (QED) is 0.879. The predicted molar refractivity (Wildman–Crippen MR) is 61.0 cm³/mol. The monoisotopic (exact) mass is 295 g/mol. The van der Waals surface area contributed by atoms with Crippen LogP contribution < -0.4 is 0 Å². The molecule has 0 atom stereocenters. The normalized spacial score (nSPS) is 10.2. The van der Waals surface area contributed by atoms with Crippen molar-refractivity contribution >= 4 is 27.7 Å². The van der Waals surface area contributed by atoms with Gasteiger partial charge >= 0.3 is 5.97 Å². The molecule has 0 saturated carbocycles.